The first-order valence-corrected chi connectivity index (χ1v) is 18.3. The summed E-state index contributed by atoms with van der Waals surface area (Å²) in [5.74, 6) is -2.87. The molecule has 5 nitrogen and oxygen atoms in total. The van der Waals surface area contributed by atoms with E-state index in [1.54, 1.807) is 0 Å². The van der Waals surface area contributed by atoms with Crippen molar-refractivity contribution in [2.24, 2.45) is 22.2 Å². The van der Waals surface area contributed by atoms with Crippen LogP contribution in [0.1, 0.15) is 95.0 Å². The highest BCUT2D eigenvalue weighted by Crippen LogP contribution is 2.67. The number of fused-ring (bicyclic) bond motifs is 3. The zero-order valence-electron chi connectivity index (χ0n) is 27.4. The third kappa shape index (κ3) is 3.32. The number of hydrogen-bond acceptors (Lipinski definition) is 4. The SMILES string of the molecule is CCC12CCCN3CCC4(C=C(C5=CC=C(O)C5C5CC6(C(C)(F)F)CCCN7CCc8c(n5c5ccccc85)C76)NC4CC1)C32. The van der Waals surface area contributed by atoms with Crippen molar-refractivity contribution in [3.63, 3.8) is 0 Å². The Hall–Kier alpha value is -2.64. The second-order valence-corrected chi connectivity index (χ2v) is 16.5. The van der Waals surface area contributed by atoms with Gasteiger partial charge in [-0.3, -0.25) is 9.80 Å². The van der Waals surface area contributed by atoms with E-state index in [2.05, 4.69) is 63.0 Å². The van der Waals surface area contributed by atoms with Gasteiger partial charge in [-0.25, -0.2) is 8.78 Å². The van der Waals surface area contributed by atoms with Crippen molar-refractivity contribution in [1.82, 2.24) is 19.7 Å². The molecule has 6 aliphatic heterocycles. The number of hydrogen-bond donors (Lipinski definition) is 2. The Morgan fingerprint density at radius 1 is 1.00 bits per heavy atom. The van der Waals surface area contributed by atoms with Crippen LogP contribution in [0.5, 0.6) is 0 Å². The summed E-state index contributed by atoms with van der Waals surface area (Å²) in [5, 5.41) is 17.1. The third-order valence-corrected chi connectivity index (χ3v) is 14.9. The largest absolute Gasteiger partial charge is 0.512 e. The van der Waals surface area contributed by atoms with Crippen LogP contribution < -0.4 is 5.32 Å². The van der Waals surface area contributed by atoms with Gasteiger partial charge in [0.1, 0.15) is 5.76 Å². The number of rotatable bonds is 4. The lowest BCUT2D eigenvalue weighted by Crippen LogP contribution is -2.61. The Bertz CT molecular complexity index is 1730. The number of alkyl halides is 2. The summed E-state index contributed by atoms with van der Waals surface area (Å²) in [6, 6.07) is 8.94. The Kier molecular flexibility index (Phi) is 5.73. The van der Waals surface area contributed by atoms with E-state index in [0.717, 1.165) is 55.0 Å². The fourth-order valence-corrected chi connectivity index (χ4v) is 13.1. The summed E-state index contributed by atoms with van der Waals surface area (Å²) in [6.07, 6.45) is 16.6. The molecule has 0 amide bonds. The van der Waals surface area contributed by atoms with Gasteiger partial charge in [-0.05, 0) is 119 Å². The molecule has 1 saturated carbocycles. The Balaban J connectivity index is 1.13. The molecule has 8 atom stereocenters. The van der Waals surface area contributed by atoms with Crippen LogP contribution in [-0.2, 0) is 6.42 Å². The maximum Gasteiger partial charge on any atom is 0.252 e. The van der Waals surface area contributed by atoms with Gasteiger partial charge in [0, 0.05) is 52.4 Å². The lowest BCUT2D eigenvalue weighted by atomic mass is 9.54. The van der Waals surface area contributed by atoms with Gasteiger partial charge in [0.25, 0.3) is 5.92 Å². The second kappa shape index (κ2) is 9.28. The highest BCUT2D eigenvalue weighted by molar-refractivity contribution is 5.86. The van der Waals surface area contributed by atoms with Crippen LogP contribution in [0, 0.1) is 22.2 Å². The number of aliphatic hydroxyl groups is 1. The summed E-state index contributed by atoms with van der Waals surface area (Å²) < 4.78 is 35.1. The lowest BCUT2D eigenvalue weighted by Gasteiger charge is -2.59. The third-order valence-electron chi connectivity index (χ3n) is 14.9. The van der Waals surface area contributed by atoms with Crippen molar-refractivity contribution in [2.75, 3.05) is 26.2 Å². The van der Waals surface area contributed by atoms with E-state index in [-0.39, 0.29) is 23.4 Å². The molecule has 7 heteroatoms. The van der Waals surface area contributed by atoms with Crippen molar-refractivity contribution in [1.29, 1.82) is 0 Å². The lowest BCUT2D eigenvalue weighted by molar-refractivity contribution is -0.190. The molecule has 2 aromatic rings. The summed E-state index contributed by atoms with van der Waals surface area (Å²) in [6.45, 7) is 7.68. The maximum absolute atomic E-state index is 16.3. The molecule has 2 aliphatic carbocycles. The number of piperidine rings is 2. The minimum atomic E-state index is -2.84. The number of allylic oxidation sites excluding steroid dienone is 4. The first-order valence-electron chi connectivity index (χ1n) is 18.3. The Morgan fingerprint density at radius 3 is 2.67 bits per heavy atom. The first-order chi connectivity index (χ1) is 22.2. The molecule has 4 fully saturated rings. The van der Waals surface area contributed by atoms with Gasteiger partial charge in [-0.1, -0.05) is 37.3 Å². The van der Waals surface area contributed by atoms with Gasteiger partial charge in [-0.2, -0.15) is 0 Å². The second-order valence-electron chi connectivity index (χ2n) is 16.5. The molecule has 0 radical (unpaired) electrons. The van der Waals surface area contributed by atoms with E-state index >= 15 is 8.78 Å². The van der Waals surface area contributed by atoms with Gasteiger partial charge in [0.15, 0.2) is 0 Å². The summed E-state index contributed by atoms with van der Waals surface area (Å²) in [4.78, 5) is 5.18. The minimum absolute atomic E-state index is 0.103. The zero-order chi connectivity index (χ0) is 31.2. The van der Waals surface area contributed by atoms with Gasteiger partial charge in [-0.15, -0.1) is 0 Å². The van der Waals surface area contributed by atoms with Gasteiger partial charge < -0.3 is 15.0 Å². The van der Waals surface area contributed by atoms with Gasteiger partial charge in [0.05, 0.1) is 17.4 Å². The molecular weight excluding hydrogens is 578 g/mol. The molecule has 1 aromatic carbocycles. The van der Waals surface area contributed by atoms with Crippen LogP contribution >= 0.6 is 0 Å². The van der Waals surface area contributed by atoms with Crippen LogP contribution in [0.4, 0.5) is 8.78 Å². The highest BCUT2D eigenvalue weighted by Gasteiger charge is 2.66. The Morgan fingerprint density at radius 2 is 1.83 bits per heavy atom. The molecule has 3 saturated heterocycles. The number of halogens is 2. The predicted molar refractivity (Wildman–Crippen MR) is 177 cm³/mol. The van der Waals surface area contributed by atoms with Crippen molar-refractivity contribution in [3.8, 4) is 0 Å². The molecule has 8 aliphatic rings. The number of benzene rings is 1. The van der Waals surface area contributed by atoms with Crippen molar-refractivity contribution < 1.29 is 13.9 Å². The standard InChI is InChI=1S/C39H48F2N4O/c1-3-37-14-6-19-44-21-17-38(35(37)44)22-27(42-31(38)12-16-37)26-10-11-30(46)32(26)29-23-39(36(2,40)41)15-7-18-43-20-13-25-24-8-4-5-9-28(24)45(29)33(25)34(39)43/h4-5,8-11,22,29,31-32,34-35,42,46H,3,6-7,12-21,23H2,1-2H3. The van der Waals surface area contributed by atoms with Gasteiger partial charge >= 0.3 is 0 Å². The van der Waals surface area contributed by atoms with Crippen LogP contribution in [0.15, 0.2) is 59.5 Å². The Labute approximate surface area is 271 Å². The van der Waals surface area contributed by atoms with Crippen molar-refractivity contribution in [2.45, 2.75) is 108 Å². The molecule has 2 N–H and O–H groups in total. The molecule has 1 spiro atoms. The average molecular weight is 627 g/mol. The van der Waals surface area contributed by atoms with E-state index in [9.17, 15) is 5.11 Å². The van der Waals surface area contributed by atoms with E-state index in [1.165, 1.54) is 62.9 Å². The summed E-state index contributed by atoms with van der Waals surface area (Å²) in [5.41, 5.74) is 5.08. The first kappa shape index (κ1) is 28.4. The molecule has 46 heavy (non-hydrogen) atoms. The van der Waals surface area contributed by atoms with E-state index in [4.69, 9.17) is 0 Å². The fraction of sp³-hybridized carbons (Fsp3) is 0.641. The average Bonchev–Trinajstić information content (AvgIpc) is 3.82. The van der Waals surface area contributed by atoms with Crippen LogP contribution in [0.3, 0.4) is 0 Å². The monoisotopic (exact) mass is 626 g/mol. The van der Waals surface area contributed by atoms with Crippen LogP contribution in [-0.4, -0.2) is 63.7 Å². The number of aliphatic hydroxyl groups excluding tert-OH is 1. The molecule has 8 unspecified atom stereocenters. The normalized spacial score (nSPS) is 41.4. The van der Waals surface area contributed by atoms with Crippen LogP contribution in [0.25, 0.3) is 10.9 Å². The zero-order valence-corrected chi connectivity index (χ0v) is 27.4. The number of nitrogens with zero attached hydrogens (tertiary/aromatic N) is 3. The number of para-hydroxylation sites is 1. The van der Waals surface area contributed by atoms with E-state index in [1.807, 2.05) is 6.08 Å². The number of aromatic nitrogens is 1. The van der Waals surface area contributed by atoms with Crippen molar-refractivity contribution in [3.05, 3.63) is 70.8 Å². The molecular formula is C39H48F2N4O. The molecule has 244 valence electrons. The van der Waals surface area contributed by atoms with Gasteiger partial charge in [0.2, 0.25) is 0 Å². The predicted octanol–water partition coefficient (Wildman–Crippen LogP) is 7.82. The smallest absolute Gasteiger partial charge is 0.252 e. The molecule has 0 bridgehead atoms. The van der Waals surface area contributed by atoms with Crippen molar-refractivity contribution >= 4 is 10.9 Å². The summed E-state index contributed by atoms with van der Waals surface area (Å²) >= 11 is 0. The molecule has 1 aromatic heterocycles. The number of nitrogens with one attached hydrogen (secondary N) is 1. The highest BCUT2D eigenvalue weighted by atomic mass is 19.3. The minimum Gasteiger partial charge on any atom is -0.512 e. The quantitative estimate of drug-likeness (QED) is 0.363. The topological polar surface area (TPSA) is 43.7 Å². The molecule has 7 heterocycles. The maximum atomic E-state index is 16.3. The molecule has 10 rings (SSSR count). The van der Waals surface area contributed by atoms with E-state index in [0.29, 0.717) is 36.1 Å². The van der Waals surface area contributed by atoms with Crippen LogP contribution in [0.2, 0.25) is 0 Å². The van der Waals surface area contributed by atoms with E-state index < -0.39 is 11.3 Å². The fourth-order valence-electron chi connectivity index (χ4n) is 13.1. The summed E-state index contributed by atoms with van der Waals surface area (Å²) in [7, 11) is 0.